The average Bonchev–Trinajstić information content (AvgIpc) is 2.87. The molecule has 3 saturated heterocycles. The predicted molar refractivity (Wildman–Crippen MR) is 144 cm³/mol. The number of guanidine groups is 1. The van der Waals surface area contributed by atoms with Gasteiger partial charge in [-0.2, -0.15) is 0 Å². The van der Waals surface area contributed by atoms with Crippen LogP contribution in [0.15, 0.2) is 29.3 Å². The first kappa shape index (κ1) is 26.5. The van der Waals surface area contributed by atoms with Crippen LogP contribution in [0.2, 0.25) is 0 Å². The number of anilines is 1. The Morgan fingerprint density at radius 1 is 1.06 bits per heavy atom. The van der Waals surface area contributed by atoms with Gasteiger partial charge in [0, 0.05) is 45.0 Å². The van der Waals surface area contributed by atoms with Gasteiger partial charge in [0.15, 0.2) is 5.96 Å². The third-order valence-corrected chi connectivity index (χ3v) is 6.61. The molecule has 0 aromatic heterocycles. The molecule has 0 spiro atoms. The summed E-state index contributed by atoms with van der Waals surface area (Å²) in [6, 6.07) is 8.64. The van der Waals surface area contributed by atoms with Crippen molar-refractivity contribution in [2.75, 3.05) is 64.1 Å². The number of benzene rings is 1. The van der Waals surface area contributed by atoms with E-state index in [1.54, 1.807) is 0 Å². The maximum atomic E-state index is 6.19. The summed E-state index contributed by atoms with van der Waals surface area (Å²) in [4.78, 5) is 9.82. The van der Waals surface area contributed by atoms with Crippen molar-refractivity contribution in [1.29, 1.82) is 0 Å². The van der Waals surface area contributed by atoms with Gasteiger partial charge in [-0.05, 0) is 50.7 Å². The molecule has 3 fully saturated rings. The highest BCUT2D eigenvalue weighted by Crippen LogP contribution is 2.23. The molecule has 0 radical (unpaired) electrons. The summed E-state index contributed by atoms with van der Waals surface area (Å²) in [6.07, 6.45) is 6.32. The zero-order valence-electron chi connectivity index (χ0n) is 20.0. The van der Waals surface area contributed by atoms with Crippen LogP contribution in [0.5, 0.6) is 0 Å². The molecule has 186 valence electrons. The summed E-state index contributed by atoms with van der Waals surface area (Å²) in [7, 11) is 0. The normalized spacial score (nSPS) is 22.7. The van der Waals surface area contributed by atoms with Crippen LogP contribution in [0.25, 0.3) is 0 Å². The van der Waals surface area contributed by atoms with E-state index in [1.807, 2.05) is 0 Å². The van der Waals surface area contributed by atoms with E-state index in [-0.39, 0.29) is 24.0 Å². The molecule has 7 nitrogen and oxygen atoms in total. The van der Waals surface area contributed by atoms with Gasteiger partial charge < -0.3 is 29.3 Å². The number of morpholine rings is 1. The number of aliphatic imine (C=N–C) groups is 1. The molecule has 1 unspecified atom stereocenters. The molecular formula is C25H41IN4O3. The number of para-hydroxylation sites is 1. The van der Waals surface area contributed by atoms with E-state index >= 15 is 0 Å². The molecule has 1 aromatic rings. The fourth-order valence-corrected chi connectivity index (χ4v) is 4.76. The topological polar surface area (TPSA) is 58.6 Å². The Balaban J connectivity index is 0.00000306. The van der Waals surface area contributed by atoms with Gasteiger partial charge in [-0.1, -0.05) is 18.2 Å². The van der Waals surface area contributed by atoms with Crippen molar-refractivity contribution in [3.63, 3.8) is 0 Å². The lowest BCUT2D eigenvalue weighted by Crippen LogP contribution is -2.47. The number of likely N-dealkylation sites (tertiary alicyclic amines) is 1. The Morgan fingerprint density at radius 2 is 1.85 bits per heavy atom. The molecule has 1 N–H and O–H groups in total. The summed E-state index contributed by atoms with van der Waals surface area (Å²) in [5.41, 5.74) is 2.56. The van der Waals surface area contributed by atoms with Crippen LogP contribution in [-0.4, -0.2) is 82.2 Å². The monoisotopic (exact) mass is 572 g/mol. The van der Waals surface area contributed by atoms with E-state index in [4.69, 9.17) is 19.2 Å². The number of halogens is 1. The lowest BCUT2D eigenvalue weighted by molar-refractivity contribution is -0.0721. The van der Waals surface area contributed by atoms with Crippen LogP contribution in [0, 0.1) is 0 Å². The first-order valence-electron chi connectivity index (χ1n) is 12.5. The highest BCUT2D eigenvalue weighted by Gasteiger charge is 2.24. The quantitative estimate of drug-likeness (QED) is 0.306. The lowest BCUT2D eigenvalue weighted by Gasteiger charge is -2.35. The molecule has 3 heterocycles. The van der Waals surface area contributed by atoms with Crippen LogP contribution < -0.4 is 10.2 Å². The maximum absolute atomic E-state index is 6.19. The van der Waals surface area contributed by atoms with Gasteiger partial charge in [0.2, 0.25) is 0 Å². The molecule has 1 aromatic carbocycles. The standard InChI is InChI=1S/C25H40N4O3.HI/c1-2-26-25(27-19-21-7-3-4-9-24(21)28-14-17-30-18-15-28)29-12-10-22(11-13-29)32-20-23-8-5-6-16-31-23;/h3-4,7,9,22-23H,2,5-6,8,10-20H2,1H3,(H,26,27);1H. The molecule has 33 heavy (non-hydrogen) atoms. The van der Waals surface area contributed by atoms with Gasteiger partial charge in [-0.25, -0.2) is 4.99 Å². The minimum atomic E-state index is 0. The Kier molecular flexibility index (Phi) is 11.5. The highest BCUT2D eigenvalue weighted by atomic mass is 127. The molecule has 3 aliphatic heterocycles. The SMILES string of the molecule is CCNC(=NCc1ccccc1N1CCOCC1)N1CCC(OCC2CCCCO2)CC1.I. The summed E-state index contributed by atoms with van der Waals surface area (Å²) < 4.78 is 17.5. The lowest BCUT2D eigenvalue weighted by atomic mass is 10.1. The zero-order chi connectivity index (χ0) is 22.0. The van der Waals surface area contributed by atoms with Crippen molar-refractivity contribution in [3.8, 4) is 0 Å². The largest absolute Gasteiger partial charge is 0.378 e. The highest BCUT2D eigenvalue weighted by molar-refractivity contribution is 14.0. The second-order valence-corrected chi connectivity index (χ2v) is 8.91. The maximum Gasteiger partial charge on any atom is 0.194 e. The van der Waals surface area contributed by atoms with Crippen molar-refractivity contribution in [2.24, 2.45) is 4.99 Å². The van der Waals surface area contributed by atoms with Gasteiger partial charge in [-0.15, -0.1) is 24.0 Å². The molecule has 8 heteroatoms. The number of nitrogens with one attached hydrogen (secondary N) is 1. The molecule has 0 amide bonds. The molecular weight excluding hydrogens is 531 g/mol. The number of ether oxygens (including phenoxy) is 3. The fourth-order valence-electron chi connectivity index (χ4n) is 4.76. The number of rotatable bonds is 7. The first-order chi connectivity index (χ1) is 15.8. The summed E-state index contributed by atoms with van der Waals surface area (Å²) in [5.74, 6) is 1.01. The molecule has 4 rings (SSSR count). The van der Waals surface area contributed by atoms with Crippen LogP contribution in [0.4, 0.5) is 5.69 Å². The fraction of sp³-hybridized carbons (Fsp3) is 0.720. The van der Waals surface area contributed by atoms with Crippen molar-refractivity contribution < 1.29 is 14.2 Å². The Bertz CT molecular complexity index is 715. The number of nitrogens with zero attached hydrogens (tertiary/aromatic N) is 3. The number of piperidine rings is 1. The minimum Gasteiger partial charge on any atom is -0.378 e. The van der Waals surface area contributed by atoms with Crippen LogP contribution in [-0.2, 0) is 20.8 Å². The minimum absolute atomic E-state index is 0. The summed E-state index contributed by atoms with van der Waals surface area (Å²) in [5, 5.41) is 3.50. The van der Waals surface area contributed by atoms with Crippen molar-refractivity contribution in [1.82, 2.24) is 10.2 Å². The van der Waals surface area contributed by atoms with Crippen LogP contribution >= 0.6 is 24.0 Å². The molecule has 1 atom stereocenters. The van der Waals surface area contributed by atoms with Crippen molar-refractivity contribution in [3.05, 3.63) is 29.8 Å². The van der Waals surface area contributed by atoms with Crippen LogP contribution in [0.3, 0.4) is 0 Å². The molecule has 0 saturated carbocycles. The Hall–Kier alpha value is -1.10. The van der Waals surface area contributed by atoms with E-state index in [1.165, 1.54) is 24.1 Å². The Morgan fingerprint density at radius 3 is 2.58 bits per heavy atom. The summed E-state index contributed by atoms with van der Waals surface area (Å²) in [6.45, 7) is 10.8. The number of hydrogen-bond donors (Lipinski definition) is 1. The van der Waals surface area contributed by atoms with E-state index in [2.05, 4.69) is 46.3 Å². The smallest absolute Gasteiger partial charge is 0.194 e. The van der Waals surface area contributed by atoms with Crippen LogP contribution in [0.1, 0.15) is 44.6 Å². The second kappa shape index (κ2) is 14.3. The molecule has 0 bridgehead atoms. The van der Waals surface area contributed by atoms with E-state index in [9.17, 15) is 0 Å². The summed E-state index contributed by atoms with van der Waals surface area (Å²) >= 11 is 0. The molecule has 3 aliphatic rings. The van der Waals surface area contributed by atoms with Gasteiger partial charge in [-0.3, -0.25) is 0 Å². The first-order valence-corrected chi connectivity index (χ1v) is 12.5. The van der Waals surface area contributed by atoms with E-state index in [0.717, 1.165) is 84.4 Å². The average molecular weight is 573 g/mol. The Labute approximate surface area is 216 Å². The van der Waals surface area contributed by atoms with Gasteiger partial charge in [0.1, 0.15) is 0 Å². The van der Waals surface area contributed by atoms with Gasteiger partial charge in [0.25, 0.3) is 0 Å². The second-order valence-electron chi connectivity index (χ2n) is 8.91. The third-order valence-electron chi connectivity index (χ3n) is 6.61. The van der Waals surface area contributed by atoms with Crippen molar-refractivity contribution >= 4 is 35.6 Å². The zero-order valence-corrected chi connectivity index (χ0v) is 22.4. The molecule has 0 aliphatic carbocycles. The predicted octanol–water partition coefficient (Wildman–Crippen LogP) is 3.66. The van der Waals surface area contributed by atoms with Gasteiger partial charge >= 0.3 is 0 Å². The van der Waals surface area contributed by atoms with E-state index < -0.39 is 0 Å². The van der Waals surface area contributed by atoms with E-state index in [0.29, 0.717) is 18.8 Å². The number of hydrogen-bond acceptors (Lipinski definition) is 5. The van der Waals surface area contributed by atoms with Gasteiger partial charge in [0.05, 0.1) is 38.6 Å². The van der Waals surface area contributed by atoms with Crippen molar-refractivity contribution in [2.45, 2.75) is 57.8 Å². The third kappa shape index (κ3) is 7.97.